The van der Waals surface area contributed by atoms with Gasteiger partial charge in [-0.2, -0.15) is 5.10 Å². The summed E-state index contributed by atoms with van der Waals surface area (Å²) in [7, 11) is 0. The maximum Gasteiger partial charge on any atom is 0.185 e. The summed E-state index contributed by atoms with van der Waals surface area (Å²) in [5.41, 5.74) is 3.66. The van der Waals surface area contributed by atoms with Crippen molar-refractivity contribution in [1.82, 2.24) is 9.78 Å². The highest BCUT2D eigenvalue weighted by atomic mass is 16.5. The number of carbonyl (C=O) groups excluding carboxylic acids is 1. The zero-order valence-electron chi connectivity index (χ0n) is 13.1. The van der Waals surface area contributed by atoms with Gasteiger partial charge >= 0.3 is 0 Å². The van der Waals surface area contributed by atoms with Gasteiger partial charge in [0.2, 0.25) is 0 Å². The zero-order chi connectivity index (χ0) is 16.4. The lowest BCUT2D eigenvalue weighted by atomic mass is 10.0. The Morgan fingerprint density at radius 1 is 1.17 bits per heavy atom. The number of allylic oxidation sites excluding steroid dienone is 1. The normalized spacial score (nSPS) is 13.0. The van der Waals surface area contributed by atoms with E-state index >= 15 is 0 Å². The number of benzene rings is 2. The first-order valence-corrected chi connectivity index (χ1v) is 7.88. The number of ether oxygens (including phenoxy) is 1. The smallest absolute Gasteiger partial charge is 0.185 e. The van der Waals surface area contributed by atoms with Crippen LogP contribution < -0.4 is 4.74 Å². The molecule has 0 radical (unpaired) electrons. The third-order valence-electron chi connectivity index (χ3n) is 4.02. The fraction of sp³-hybridized carbons (Fsp3) is 0.100. The maximum atomic E-state index is 12.3. The Labute approximate surface area is 140 Å². The molecule has 0 saturated heterocycles. The molecule has 4 heteroatoms. The van der Waals surface area contributed by atoms with Crippen molar-refractivity contribution in [2.45, 2.75) is 6.42 Å². The van der Waals surface area contributed by atoms with Crippen LogP contribution in [0.15, 0.2) is 67.0 Å². The van der Waals surface area contributed by atoms with Crippen molar-refractivity contribution in [3.63, 3.8) is 0 Å². The molecule has 4 nitrogen and oxygen atoms in total. The number of carbonyl (C=O) groups is 1. The van der Waals surface area contributed by atoms with E-state index in [-0.39, 0.29) is 5.78 Å². The van der Waals surface area contributed by atoms with Gasteiger partial charge in [-0.05, 0) is 48.0 Å². The first-order chi connectivity index (χ1) is 11.8. The monoisotopic (exact) mass is 316 g/mol. The average Bonchev–Trinajstić information content (AvgIpc) is 3.29. The Bertz CT molecular complexity index is 910. The van der Waals surface area contributed by atoms with E-state index in [0.717, 1.165) is 29.0 Å². The number of rotatable bonds is 4. The highest BCUT2D eigenvalue weighted by Crippen LogP contribution is 2.26. The summed E-state index contributed by atoms with van der Waals surface area (Å²) in [6.07, 6.45) is 7.88. The van der Waals surface area contributed by atoms with Crippen molar-refractivity contribution in [3.8, 4) is 11.4 Å². The number of fused-ring (bicyclic) bond motifs is 1. The predicted octanol–water partition coefficient (Wildman–Crippen LogP) is 3.70. The average molecular weight is 316 g/mol. The van der Waals surface area contributed by atoms with Gasteiger partial charge in [-0.3, -0.25) is 4.79 Å². The summed E-state index contributed by atoms with van der Waals surface area (Å²) in [4.78, 5) is 12.3. The first-order valence-electron chi connectivity index (χ1n) is 7.88. The molecule has 1 aliphatic heterocycles. The van der Waals surface area contributed by atoms with Crippen LogP contribution in [-0.2, 0) is 6.42 Å². The molecular weight excluding hydrogens is 300 g/mol. The number of nitrogens with zero attached hydrogens (tertiary/aromatic N) is 2. The highest BCUT2D eigenvalue weighted by molar-refractivity contribution is 6.07. The number of aromatic nitrogens is 2. The second-order valence-corrected chi connectivity index (χ2v) is 5.67. The van der Waals surface area contributed by atoms with Gasteiger partial charge in [0.25, 0.3) is 0 Å². The number of hydrogen-bond acceptors (Lipinski definition) is 3. The molecule has 0 saturated carbocycles. The molecule has 118 valence electrons. The van der Waals surface area contributed by atoms with E-state index in [1.807, 2.05) is 54.7 Å². The van der Waals surface area contributed by atoms with Gasteiger partial charge in [0.05, 0.1) is 18.5 Å². The molecule has 0 N–H and O–H groups in total. The molecule has 24 heavy (non-hydrogen) atoms. The molecule has 0 aliphatic carbocycles. The molecule has 0 spiro atoms. The van der Waals surface area contributed by atoms with Crippen LogP contribution in [0.25, 0.3) is 11.8 Å². The van der Waals surface area contributed by atoms with Crippen molar-refractivity contribution < 1.29 is 9.53 Å². The molecule has 0 bridgehead atoms. The van der Waals surface area contributed by atoms with Crippen molar-refractivity contribution in [1.29, 1.82) is 0 Å². The fourth-order valence-corrected chi connectivity index (χ4v) is 2.75. The van der Waals surface area contributed by atoms with E-state index in [1.54, 1.807) is 23.0 Å². The van der Waals surface area contributed by atoms with Gasteiger partial charge in [0.15, 0.2) is 5.78 Å². The Morgan fingerprint density at radius 3 is 2.92 bits per heavy atom. The molecule has 0 atom stereocenters. The Morgan fingerprint density at radius 2 is 2.04 bits per heavy atom. The number of para-hydroxylation sites is 1. The minimum atomic E-state index is -0.0165. The first kappa shape index (κ1) is 14.5. The summed E-state index contributed by atoms with van der Waals surface area (Å²) in [5, 5.41) is 4.32. The van der Waals surface area contributed by atoms with Crippen LogP contribution in [0.2, 0.25) is 0 Å². The highest BCUT2D eigenvalue weighted by Gasteiger charge is 2.13. The fourth-order valence-electron chi connectivity index (χ4n) is 2.75. The summed E-state index contributed by atoms with van der Waals surface area (Å²) < 4.78 is 7.26. The molecule has 0 fully saturated rings. The molecule has 2 aromatic carbocycles. The second kappa shape index (κ2) is 6.16. The Hall–Kier alpha value is -3.14. The summed E-state index contributed by atoms with van der Waals surface area (Å²) in [6.45, 7) is 0.696. The summed E-state index contributed by atoms with van der Waals surface area (Å²) in [5.74, 6) is 0.872. The third-order valence-corrected chi connectivity index (χ3v) is 4.02. The molecule has 4 rings (SSSR count). The molecule has 1 aromatic heterocycles. The topological polar surface area (TPSA) is 44.1 Å². The zero-order valence-corrected chi connectivity index (χ0v) is 13.1. The molecular formula is C20H16N2O2. The molecule has 2 heterocycles. The lowest BCUT2D eigenvalue weighted by Crippen LogP contribution is -1.95. The van der Waals surface area contributed by atoms with E-state index in [9.17, 15) is 4.79 Å². The Balaban J connectivity index is 1.51. The van der Waals surface area contributed by atoms with Gasteiger partial charge in [0.1, 0.15) is 5.75 Å². The Kier molecular flexibility index (Phi) is 3.71. The SMILES string of the molecule is O=C(/C=C/c1cnn(-c2ccccc2)c1)c1ccc2c(c1)CCO2. The van der Waals surface area contributed by atoms with Crippen molar-refractivity contribution in [3.05, 3.63) is 83.7 Å². The number of hydrogen-bond donors (Lipinski definition) is 0. The lowest BCUT2D eigenvalue weighted by molar-refractivity contribution is 0.104. The van der Waals surface area contributed by atoms with Crippen LogP contribution in [-0.4, -0.2) is 22.2 Å². The van der Waals surface area contributed by atoms with Crippen LogP contribution in [0.1, 0.15) is 21.5 Å². The van der Waals surface area contributed by atoms with E-state index in [4.69, 9.17) is 4.74 Å². The second-order valence-electron chi connectivity index (χ2n) is 5.67. The number of ketones is 1. The van der Waals surface area contributed by atoms with Crippen LogP contribution >= 0.6 is 0 Å². The van der Waals surface area contributed by atoms with Crippen molar-refractivity contribution in [2.24, 2.45) is 0 Å². The van der Waals surface area contributed by atoms with Crippen LogP contribution in [0, 0.1) is 0 Å². The summed E-state index contributed by atoms with van der Waals surface area (Å²) in [6, 6.07) is 15.5. The molecule has 1 aliphatic rings. The van der Waals surface area contributed by atoms with Gasteiger partial charge in [-0.1, -0.05) is 18.2 Å². The van der Waals surface area contributed by atoms with Crippen molar-refractivity contribution >= 4 is 11.9 Å². The minimum absolute atomic E-state index is 0.0165. The predicted molar refractivity (Wildman–Crippen MR) is 92.6 cm³/mol. The van der Waals surface area contributed by atoms with Gasteiger partial charge in [-0.25, -0.2) is 4.68 Å². The van der Waals surface area contributed by atoms with E-state index < -0.39 is 0 Å². The quantitative estimate of drug-likeness (QED) is 0.544. The van der Waals surface area contributed by atoms with Gasteiger partial charge < -0.3 is 4.74 Å². The van der Waals surface area contributed by atoms with Crippen LogP contribution in [0.5, 0.6) is 5.75 Å². The van der Waals surface area contributed by atoms with Crippen LogP contribution in [0.3, 0.4) is 0 Å². The lowest BCUT2D eigenvalue weighted by Gasteiger charge is -2.00. The van der Waals surface area contributed by atoms with Gasteiger partial charge in [0, 0.05) is 23.7 Å². The van der Waals surface area contributed by atoms with Crippen molar-refractivity contribution in [2.75, 3.05) is 6.61 Å². The summed E-state index contributed by atoms with van der Waals surface area (Å²) >= 11 is 0. The standard InChI is InChI=1S/C20H16N2O2/c23-19(16-7-9-20-17(12-16)10-11-24-20)8-6-15-13-21-22(14-15)18-4-2-1-3-5-18/h1-9,12-14H,10-11H2/b8-6+. The molecule has 3 aromatic rings. The molecule has 0 unspecified atom stereocenters. The van der Waals surface area contributed by atoms with Crippen LogP contribution in [0.4, 0.5) is 0 Å². The van der Waals surface area contributed by atoms with E-state index in [1.165, 1.54) is 0 Å². The minimum Gasteiger partial charge on any atom is -0.493 e. The van der Waals surface area contributed by atoms with E-state index in [2.05, 4.69) is 5.10 Å². The third kappa shape index (κ3) is 2.86. The van der Waals surface area contributed by atoms with Gasteiger partial charge in [-0.15, -0.1) is 0 Å². The molecule has 0 amide bonds. The van der Waals surface area contributed by atoms with E-state index in [0.29, 0.717) is 12.2 Å². The maximum absolute atomic E-state index is 12.3. The largest absolute Gasteiger partial charge is 0.493 e.